The highest BCUT2D eigenvalue weighted by Gasteiger charge is 2.33. The minimum Gasteiger partial charge on any atom is -0.497 e. The monoisotopic (exact) mass is 565 g/mol. The molecule has 2 aromatic carbocycles. The molecule has 208 valence electrons. The highest BCUT2D eigenvalue weighted by atomic mass is 35.5. The SMILES string of the molecule is CCC(C(=O)NC1CCCC1)N(Cc1cccc(OC)c1)C(=O)CN(c1ccc(OC)c(Cl)c1)S(C)(=O)=O. The molecule has 0 heterocycles. The Kier molecular flexibility index (Phi) is 10.3. The fourth-order valence-electron chi connectivity index (χ4n) is 4.68. The molecule has 1 atom stereocenters. The maximum absolute atomic E-state index is 13.8. The average Bonchev–Trinajstić information content (AvgIpc) is 3.39. The third-order valence-corrected chi connectivity index (χ3v) is 8.11. The van der Waals surface area contributed by atoms with E-state index in [1.165, 1.54) is 30.2 Å². The number of hydrogen-bond acceptors (Lipinski definition) is 6. The van der Waals surface area contributed by atoms with Gasteiger partial charge in [-0.2, -0.15) is 0 Å². The van der Waals surface area contributed by atoms with Crippen LogP contribution in [0.4, 0.5) is 5.69 Å². The van der Waals surface area contributed by atoms with E-state index >= 15 is 0 Å². The largest absolute Gasteiger partial charge is 0.497 e. The molecule has 2 aromatic rings. The zero-order valence-corrected chi connectivity index (χ0v) is 23.8. The van der Waals surface area contributed by atoms with Gasteiger partial charge in [0.1, 0.15) is 24.1 Å². The number of amides is 2. The second-order valence-corrected chi connectivity index (χ2v) is 11.7. The molecule has 0 aliphatic heterocycles. The van der Waals surface area contributed by atoms with Gasteiger partial charge in [0, 0.05) is 12.6 Å². The molecule has 1 aliphatic carbocycles. The highest BCUT2D eigenvalue weighted by molar-refractivity contribution is 7.92. The highest BCUT2D eigenvalue weighted by Crippen LogP contribution is 2.30. The molecule has 9 nitrogen and oxygen atoms in total. The van der Waals surface area contributed by atoms with E-state index in [0.29, 0.717) is 17.9 Å². The summed E-state index contributed by atoms with van der Waals surface area (Å²) in [6.07, 6.45) is 5.32. The molecule has 0 spiro atoms. The fraction of sp³-hybridized carbons (Fsp3) is 0.481. The van der Waals surface area contributed by atoms with Crippen LogP contribution in [-0.2, 0) is 26.2 Å². The van der Waals surface area contributed by atoms with Crippen LogP contribution in [0, 0.1) is 0 Å². The molecular weight excluding hydrogens is 530 g/mol. The van der Waals surface area contributed by atoms with Gasteiger partial charge in [-0.05, 0) is 55.2 Å². The van der Waals surface area contributed by atoms with E-state index in [0.717, 1.165) is 41.8 Å². The Morgan fingerprint density at radius 2 is 1.82 bits per heavy atom. The van der Waals surface area contributed by atoms with Gasteiger partial charge in [0.15, 0.2) is 0 Å². The summed E-state index contributed by atoms with van der Waals surface area (Å²) in [5.74, 6) is 0.237. The molecule has 0 saturated heterocycles. The van der Waals surface area contributed by atoms with Gasteiger partial charge in [0.2, 0.25) is 21.8 Å². The Balaban J connectivity index is 1.95. The van der Waals surface area contributed by atoms with Crippen LogP contribution in [0.1, 0.15) is 44.6 Å². The van der Waals surface area contributed by atoms with Gasteiger partial charge >= 0.3 is 0 Å². The lowest BCUT2D eigenvalue weighted by atomic mass is 10.1. The molecule has 0 aromatic heterocycles. The average molecular weight is 566 g/mol. The Bertz CT molecular complexity index is 1230. The molecule has 2 amide bonds. The Morgan fingerprint density at radius 3 is 2.39 bits per heavy atom. The first-order valence-corrected chi connectivity index (χ1v) is 14.8. The normalized spacial score (nSPS) is 14.6. The van der Waals surface area contributed by atoms with Gasteiger partial charge < -0.3 is 19.7 Å². The Labute approximate surface area is 230 Å². The van der Waals surface area contributed by atoms with E-state index in [4.69, 9.17) is 21.1 Å². The van der Waals surface area contributed by atoms with Gasteiger partial charge in [-0.15, -0.1) is 0 Å². The molecule has 38 heavy (non-hydrogen) atoms. The number of hydrogen-bond donors (Lipinski definition) is 1. The van der Waals surface area contributed by atoms with Gasteiger partial charge in [0.05, 0.1) is 31.2 Å². The summed E-state index contributed by atoms with van der Waals surface area (Å²) in [6, 6.07) is 11.0. The van der Waals surface area contributed by atoms with Crippen molar-refractivity contribution in [2.24, 2.45) is 0 Å². The Morgan fingerprint density at radius 1 is 1.11 bits per heavy atom. The first-order valence-electron chi connectivity index (χ1n) is 12.6. The van der Waals surface area contributed by atoms with Crippen LogP contribution in [0.25, 0.3) is 0 Å². The summed E-state index contributed by atoms with van der Waals surface area (Å²) in [7, 11) is -0.865. The van der Waals surface area contributed by atoms with E-state index in [-0.39, 0.29) is 29.2 Å². The van der Waals surface area contributed by atoms with E-state index in [2.05, 4.69) is 5.32 Å². The number of carbonyl (C=O) groups excluding carboxylic acids is 2. The minimum atomic E-state index is -3.87. The molecule has 0 radical (unpaired) electrons. The van der Waals surface area contributed by atoms with Crippen molar-refractivity contribution in [1.82, 2.24) is 10.2 Å². The van der Waals surface area contributed by atoms with Crippen molar-refractivity contribution < 1.29 is 27.5 Å². The van der Waals surface area contributed by atoms with Crippen molar-refractivity contribution in [3.63, 3.8) is 0 Å². The molecule has 3 rings (SSSR count). The summed E-state index contributed by atoms with van der Waals surface area (Å²) >= 11 is 6.25. The van der Waals surface area contributed by atoms with E-state index in [1.54, 1.807) is 25.3 Å². The molecule has 1 unspecified atom stereocenters. The number of ether oxygens (including phenoxy) is 2. The summed E-state index contributed by atoms with van der Waals surface area (Å²) in [4.78, 5) is 28.6. The van der Waals surface area contributed by atoms with E-state index < -0.39 is 28.5 Å². The number of anilines is 1. The molecular formula is C27H36ClN3O6S. The fourth-order valence-corrected chi connectivity index (χ4v) is 5.77. The van der Waals surface area contributed by atoms with Crippen molar-refractivity contribution in [2.75, 3.05) is 31.3 Å². The zero-order valence-electron chi connectivity index (χ0n) is 22.3. The second-order valence-electron chi connectivity index (χ2n) is 9.38. The van der Waals surface area contributed by atoms with Crippen molar-refractivity contribution in [1.29, 1.82) is 0 Å². The van der Waals surface area contributed by atoms with Gasteiger partial charge in [-0.3, -0.25) is 13.9 Å². The summed E-state index contributed by atoms with van der Waals surface area (Å²) in [5, 5.41) is 3.30. The first kappa shape index (κ1) is 29.6. The number of nitrogens with one attached hydrogen (secondary N) is 1. The third-order valence-electron chi connectivity index (χ3n) is 6.68. The molecule has 11 heteroatoms. The summed E-state index contributed by atoms with van der Waals surface area (Å²) in [6.45, 7) is 1.44. The van der Waals surface area contributed by atoms with Crippen molar-refractivity contribution in [2.45, 2.75) is 57.7 Å². The predicted octanol–water partition coefficient (Wildman–Crippen LogP) is 3.99. The maximum atomic E-state index is 13.8. The number of nitrogens with zero attached hydrogens (tertiary/aromatic N) is 2. The topological polar surface area (TPSA) is 105 Å². The van der Waals surface area contributed by atoms with Crippen molar-refractivity contribution in [3.05, 3.63) is 53.1 Å². The van der Waals surface area contributed by atoms with Crippen LogP contribution in [0.15, 0.2) is 42.5 Å². The molecule has 1 N–H and O–H groups in total. The van der Waals surface area contributed by atoms with Crippen LogP contribution in [0.3, 0.4) is 0 Å². The number of carbonyl (C=O) groups is 2. The Hall–Kier alpha value is -2.98. The predicted molar refractivity (Wildman–Crippen MR) is 148 cm³/mol. The summed E-state index contributed by atoms with van der Waals surface area (Å²) in [5.41, 5.74) is 0.972. The van der Waals surface area contributed by atoms with Crippen LogP contribution in [0.2, 0.25) is 5.02 Å². The summed E-state index contributed by atoms with van der Waals surface area (Å²) < 4.78 is 37.0. The lowest BCUT2D eigenvalue weighted by Gasteiger charge is -2.33. The molecule has 1 saturated carbocycles. The quantitative estimate of drug-likeness (QED) is 0.417. The number of sulfonamides is 1. The molecule has 1 fully saturated rings. The van der Waals surface area contributed by atoms with Crippen molar-refractivity contribution >= 4 is 39.1 Å². The minimum absolute atomic E-state index is 0.0827. The van der Waals surface area contributed by atoms with Crippen LogP contribution >= 0.6 is 11.6 Å². The third kappa shape index (κ3) is 7.54. The van der Waals surface area contributed by atoms with Crippen molar-refractivity contribution in [3.8, 4) is 11.5 Å². The lowest BCUT2D eigenvalue weighted by Crippen LogP contribution is -2.53. The standard InChI is InChI=1S/C27H36ClN3O6S/c1-5-24(27(33)29-20-10-6-7-11-20)30(17-19-9-8-12-22(15-19)36-2)26(32)18-31(38(4,34)35)21-13-14-25(37-3)23(28)16-21/h8-9,12-16,20,24H,5-7,10-11,17-18H2,1-4H3,(H,29,33). The zero-order chi connectivity index (χ0) is 27.9. The number of rotatable bonds is 12. The maximum Gasteiger partial charge on any atom is 0.244 e. The van der Waals surface area contributed by atoms with Gasteiger partial charge in [-0.25, -0.2) is 8.42 Å². The van der Waals surface area contributed by atoms with Crippen LogP contribution < -0.4 is 19.1 Å². The first-order chi connectivity index (χ1) is 18.1. The van der Waals surface area contributed by atoms with Gasteiger partial charge in [0.25, 0.3) is 0 Å². The molecule has 0 bridgehead atoms. The lowest BCUT2D eigenvalue weighted by molar-refractivity contribution is -0.140. The van der Waals surface area contributed by atoms with E-state index in [9.17, 15) is 18.0 Å². The van der Waals surface area contributed by atoms with E-state index in [1.807, 2.05) is 13.0 Å². The number of benzene rings is 2. The number of methoxy groups -OCH3 is 2. The van der Waals surface area contributed by atoms with Gasteiger partial charge in [-0.1, -0.05) is 43.5 Å². The smallest absolute Gasteiger partial charge is 0.244 e. The molecule has 1 aliphatic rings. The number of halogens is 1. The van der Waals surface area contributed by atoms with Crippen LogP contribution in [0.5, 0.6) is 11.5 Å². The van der Waals surface area contributed by atoms with Crippen LogP contribution in [-0.4, -0.2) is 64.2 Å². The second kappa shape index (κ2) is 13.2.